The zero-order chi connectivity index (χ0) is 13.2. The Hall–Kier alpha value is 0.160. The van der Waals surface area contributed by atoms with Crippen molar-refractivity contribution in [2.45, 2.75) is 50.9 Å². The lowest BCUT2D eigenvalue weighted by Crippen LogP contribution is -2.38. The molecule has 0 aliphatic rings. The first kappa shape index (κ1) is 18.5. The third-order valence-corrected chi connectivity index (χ3v) is 2.29. The van der Waals surface area contributed by atoms with Gasteiger partial charge in [0, 0.05) is 6.54 Å². The number of alkyl halides is 1. The summed E-state index contributed by atoms with van der Waals surface area (Å²) in [5.74, 6) is 0.858. The van der Waals surface area contributed by atoms with Gasteiger partial charge in [0.2, 0.25) is 5.91 Å². The maximum absolute atomic E-state index is 11.0. The van der Waals surface area contributed by atoms with Crippen LogP contribution in [0.25, 0.3) is 0 Å². The van der Waals surface area contributed by atoms with Crippen molar-refractivity contribution in [1.29, 1.82) is 0 Å². The Labute approximate surface area is 114 Å². The molecule has 0 aromatic rings. The zero-order valence-corrected chi connectivity index (χ0v) is 13.3. The topological polar surface area (TPSA) is 49.3 Å². The summed E-state index contributed by atoms with van der Waals surface area (Å²) in [5.41, 5.74) is 0. The summed E-state index contributed by atoms with van der Waals surface area (Å²) in [6.45, 7) is 10.7. The van der Waals surface area contributed by atoms with Crippen molar-refractivity contribution < 1.29 is 9.90 Å². The first-order valence-corrected chi connectivity index (χ1v) is 6.91. The largest absolute Gasteiger partial charge is 0.395 e. The van der Waals surface area contributed by atoms with E-state index in [1.807, 2.05) is 36.4 Å². The molecular formula is C12H26INO2. The van der Waals surface area contributed by atoms with E-state index in [2.05, 4.69) is 26.1 Å². The van der Waals surface area contributed by atoms with Crippen LogP contribution in [0, 0.1) is 5.92 Å². The van der Waals surface area contributed by atoms with Crippen LogP contribution in [-0.2, 0) is 4.79 Å². The Morgan fingerprint density at radius 3 is 2.12 bits per heavy atom. The number of carbonyl (C=O) groups is 1. The quantitative estimate of drug-likeness (QED) is 0.596. The van der Waals surface area contributed by atoms with Gasteiger partial charge in [-0.3, -0.25) is 4.79 Å². The van der Waals surface area contributed by atoms with Crippen LogP contribution >= 0.6 is 22.6 Å². The highest BCUT2D eigenvalue weighted by Crippen LogP contribution is 2.15. The predicted octanol–water partition coefficient (Wildman–Crippen LogP) is 2.75. The van der Waals surface area contributed by atoms with Crippen molar-refractivity contribution in [3.63, 3.8) is 0 Å². The van der Waals surface area contributed by atoms with Crippen LogP contribution in [0.5, 0.6) is 0 Å². The molecule has 0 aliphatic carbocycles. The summed E-state index contributed by atoms with van der Waals surface area (Å²) in [6, 6.07) is 0. The number of aliphatic hydroxyl groups excluding tert-OH is 1. The fourth-order valence-corrected chi connectivity index (χ4v) is 1.15. The van der Waals surface area contributed by atoms with Gasteiger partial charge in [0.05, 0.1) is 10.0 Å². The lowest BCUT2D eigenvalue weighted by molar-refractivity contribution is -0.122. The van der Waals surface area contributed by atoms with Crippen LogP contribution in [-0.4, -0.2) is 27.6 Å². The monoisotopic (exact) mass is 343 g/mol. The average Bonchev–Trinajstić information content (AvgIpc) is 2.13. The number of rotatable bonds is 5. The van der Waals surface area contributed by atoms with Gasteiger partial charge in [0.15, 0.2) is 0 Å². The molecule has 0 saturated carbocycles. The molecule has 98 valence electrons. The van der Waals surface area contributed by atoms with Gasteiger partial charge in [-0.25, -0.2) is 0 Å². The molecule has 16 heavy (non-hydrogen) atoms. The van der Waals surface area contributed by atoms with Crippen LogP contribution in [0.15, 0.2) is 0 Å². The summed E-state index contributed by atoms with van der Waals surface area (Å²) < 4.78 is -0.382. The van der Waals surface area contributed by atoms with Crippen LogP contribution in [0.4, 0.5) is 0 Å². The zero-order valence-electron chi connectivity index (χ0n) is 11.1. The molecule has 0 rings (SSSR count). The van der Waals surface area contributed by atoms with Crippen molar-refractivity contribution in [2.24, 2.45) is 5.92 Å². The van der Waals surface area contributed by atoms with E-state index in [9.17, 15) is 4.79 Å². The third-order valence-electron chi connectivity index (χ3n) is 1.80. The maximum Gasteiger partial charge on any atom is 0.235 e. The van der Waals surface area contributed by atoms with Crippen molar-refractivity contribution in [3.05, 3.63) is 0 Å². The van der Waals surface area contributed by atoms with Gasteiger partial charge < -0.3 is 10.4 Å². The number of hydrogen-bond donors (Lipinski definition) is 2. The van der Waals surface area contributed by atoms with Gasteiger partial charge >= 0.3 is 0 Å². The molecule has 0 aliphatic heterocycles. The van der Waals surface area contributed by atoms with Crippen LogP contribution in [0.2, 0.25) is 0 Å². The summed E-state index contributed by atoms with van der Waals surface area (Å²) in [4.78, 5) is 11.0. The van der Waals surface area contributed by atoms with E-state index in [-0.39, 0.29) is 15.9 Å². The van der Waals surface area contributed by atoms with Crippen LogP contribution < -0.4 is 5.32 Å². The molecule has 0 spiro atoms. The molecule has 0 atom stereocenters. The standard InChI is InChI=1S/C6H12INO2.C6H14/c1-6(2,7)5(10)8-3-4-9;1-4-5-6(2)3/h9H,3-4H2,1-2H3,(H,8,10);6H,4-5H2,1-3H3. The SMILES string of the molecule is CC(C)(I)C(=O)NCCO.CCCC(C)C. The molecule has 1 amide bonds. The first-order chi connectivity index (χ1) is 7.25. The molecule has 4 heteroatoms. The number of aliphatic hydroxyl groups is 1. The molecular weight excluding hydrogens is 317 g/mol. The van der Waals surface area contributed by atoms with Gasteiger partial charge in [-0.15, -0.1) is 0 Å². The molecule has 0 radical (unpaired) electrons. The van der Waals surface area contributed by atoms with Crippen molar-refractivity contribution in [2.75, 3.05) is 13.2 Å². The molecule has 0 aromatic carbocycles. The first-order valence-electron chi connectivity index (χ1n) is 5.83. The molecule has 0 bridgehead atoms. The lowest BCUT2D eigenvalue weighted by atomic mass is 10.1. The molecule has 0 heterocycles. The smallest absolute Gasteiger partial charge is 0.235 e. The van der Waals surface area contributed by atoms with Gasteiger partial charge in [0.25, 0.3) is 0 Å². The minimum absolute atomic E-state index is 0.00153. The number of hydrogen-bond acceptors (Lipinski definition) is 2. The summed E-state index contributed by atoms with van der Waals surface area (Å²) in [7, 11) is 0. The minimum Gasteiger partial charge on any atom is -0.395 e. The van der Waals surface area contributed by atoms with Gasteiger partial charge in [0.1, 0.15) is 0 Å². The second kappa shape index (κ2) is 10.3. The molecule has 0 saturated heterocycles. The summed E-state index contributed by atoms with van der Waals surface area (Å²) >= 11 is 2.05. The van der Waals surface area contributed by atoms with Crippen molar-refractivity contribution in [3.8, 4) is 0 Å². The van der Waals surface area contributed by atoms with Crippen LogP contribution in [0.1, 0.15) is 47.5 Å². The Kier molecular flexibility index (Phi) is 12.0. The summed E-state index contributed by atoms with van der Waals surface area (Å²) in [5, 5.41) is 10.9. The number of nitrogens with one attached hydrogen (secondary N) is 1. The fraction of sp³-hybridized carbons (Fsp3) is 0.917. The van der Waals surface area contributed by atoms with Gasteiger partial charge in [-0.2, -0.15) is 0 Å². The van der Waals surface area contributed by atoms with E-state index in [1.165, 1.54) is 12.8 Å². The Bertz CT molecular complexity index is 176. The van der Waals surface area contributed by atoms with E-state index in [1.54, 1.807) is 0 Å². The second-order valence-electron chi connectivity index (χ2n) is 4.63. The number of halogens is 1. The van der Waals surface area contributed by atoms with Crippen molar-refractivity contribution in [1.82, 2.24) is 5.32 Å². The summed E-state index contributed by atoms with van der Waals surface area (Å²) in [6.07, 6.45) is 2.71. The van der Waals surface area contributed by atoms with E-state index < -0.39 is 0 Å². The van der Waals surface area contributed by atoms with Gasteiger partial charge in [-0.1, -0.05) is 56.2 Å². The maximum atomic E-state index is 11.0. The normalized spacial score (nSPS) is 10.8. The van der Waals surface area contributed by atoms with E-state index in [0.717, 1.165) is 5.92 Å². The van der Waals surface area contributed by atoms with E-state index in [0.29, 0.717) is 6.54 Å². The second-order valence-corrected chi connectivity index (χ2v) is 7.33. The molecule has 3 nitrogen and oxygen atoms in total. The Morgan fingerprint density at radius 2 is 1.94 bits per heavy atom. The highest BCUT2D eigenvalue weighted by molar-refractivity contribution is 14.1. The minimum atomic E-state index is -0.382. The predicted molar refractivity (Wildman–Crippen MR) is 77.9 cm³/mol. The van der Waals surface area contributed by atoms with Crippen molar-refractivity contribution >= 4 is 28.5 Å². The Morgan fingerprint density at radius 1 is 1.44 bits per heavy atom. The molecule has 0 fully saturated rings. The molecule has 0 aromatic heterocycles. The highest BCUT2D eigenvalue weighted by Gasteiger charge is 2.22. The van der Waals surface area contributed by atoms with E-state index >= 15 is 0 Å². The van der Waals surface area contributed by atoms with E-state index in [4.69, 9.17) is 5.11 Å². The average molecular weight is 343 g/mol. The molecule has 2 N–H and O–H groups in total. The molecule has 0 unspecified atom stereocenters. The third kappa shape index (κ3) is 14.2. The number of carbonyl (C=O) groups excluding carboxylic acids is 1. The highest BCUT2D eigenvalue weighted by atomic mass is 127. The fourth-order valence-electron chi connectivity index (χ4n) is 0.957. The van der Waals surface area contributed by atoms with Gasteiger partial charge in [-0.05, 0) is 19.8 Å². The number of amides is 1. The van der Waals surface area contributed by atoms with Crippen LogP contribution in [0.3, 0.4) is 0 Å². The Balaban J connectivity index is 0. The lowest BCUT2D eigenvalue weighted by Gasteiger charge is -2.14.